The minimum absolute atomic E-state index is 0.00725. The van der Waals surface area contributed by atoms with E-state index in [1.165, 1.54) is 20.0 Å². The van der Waals surface area contributed by atoms with Gasteiger partial charge in [0.15, 0.2) is 0 Å². The van der Waals surface area contributed by atoms with Crippen molar-refractivity contribution in [3.05, 3.63) is 35.9 Å². The Morgan fingerprint density at radius 3 is 2.35 bits per heavy atom. The van der Waals surface area contributed by atoms with Crippen LogP contribution in [0.25, 0.3) is 0 Å². The number of likely N-dealkylation sites (N-methyl/N-ethyl adjacent to an activating group) is 1. The summed E-state index contributed by atoms with van der Waals surface area (Å²) in [5, 5.41) is 0. The van der Waals surface area contributed by atoms with E-state index in [1.807, 2.05) is 30.3 Å². The Bertz CT molecular complexity index is 473. The van der Waals surface area contributed by atoms with Crippen LogP contribution in [-0.4, -0.2) is 37.0 Å². The summed E-state index contributed by atoms with van der Waals surface area (Å²) in [6.45, 7) is 2.17. The second-order valence-electron chi connectivity index (χ2n) is 5.90. The van der Waals surface area contributed by atoms with E-state index in [4.69, 9.17) is 4.74 Å². The van der Waals surface area contributed by atoms with Crippen LogP contribution in [0, 0.1) is 0 Å². The minimum atomic E-state index is -0.564. The van der Waals surface area contributed by atoms with Crippen LogP contribution in [0.5, 0.6) is 0 Å². The van der Waals surface area contributed by atoms with Crippen molar-refractivity contribution in [1.29, 1.82) is 0 Å². The van der Waals surface area contributed by atoms with Crippen molar-refractivity contribution in [2.24, 2.45) is 0 Å². The smallest absolute Gasteiger partial charge is 0.328 e. The number of rotatable bonds is 10. The van der Waals surface area contributed by atoms with E-state index in [0.717, 1.165) is 24.8 Å². The first-order valence-corrected chi connectivity index (χ1v) is 8.47. The summed E-state index contributed by atoms with van der Waals surface area (Å²) in [5.41, 5.74) is 1.02. The van der Waals surface area contributed by atoms with Gasteiger partial charge >= 0.3 is 5.97 Å². The number of esters is 1. The van der Waals surface area contributed by atoms with E-state index in [2.05, 4.69) is 6.92 Å². The zero-order valence-electron chi connectivity index (χ0n) is 14.6. The Kier molecular flexibility index (Phi) is 9.03. The molecule has 0 aliphatic rings. The van der Waals surface area contributed by atoms with Gasteiger partial charge in [-0.2, -0.15) is 0 Å². The van der Waals surface area contributed by atoms with Crippen molar-refractivity contribution in [3.8, 4) is 0 Å². The molecule has 1 rings (SSSR count). The number of unbranched alkanes of at least 4 members (excludes halogenated alkanes) is 4. The maximum Gasteiger partial charge on any atom is 0.328 e. The van der Waals surface area contributed by atoms with Gasteiger partial charge in [0.05, 0.1) is 7.11 Å². The predicted molar refractivity (Wildman–Crippen MR) is 92.1 cm³/mol. The molecule has 0 bridgehead atoms. The van der Waals surface area contributed by atoms with Gasteiger partial charge in [-0.15, -0.1) is 0 Å². The van der Waals surface area contributed by atoms with E-state index >= 15 is 0 Å². The fraction of sp³-hybridized carbons (Fsp3) is 0.579. The molecule has 0 spiro atoms. The van der Waals surface area contributed by atoms with Crippen LogP contribution in [0.3, 0.4) is 0 Å². The highest BCUT2D eigenvalue weighted by molar-refractivity contribution is 5.84. The van der Waals surface area contributed by atoms with Crippen LogP contribution in [0.4, 0.5) is 0 Å². The summed E-state index contributed by atoms with van der Waals surface area (Å²) in [5.74, 6) is -0.358. The number of ether oxygens (including phenoxy) is 1. The summed E-state index contributed by atoms with van der Waals surface area (Å²) >= 11 is 0. The van der Waals surface area contributed by atoms with Crippen molar-refractivity contribution in [2.45, 2.75) is 57.9 Å². The topological polar surface area (TPSA) is 46.6 Å². The average Bonchev–Trinajstić information content (AvgIpc) is 2.59. The van der Waals surface area contributed by atoms with Gasteiger partial charge in [0, 0.05) is 19.9 Å². The predicted octanol–water partition coefficient (Wildman–Crippen LogP) is 3.59. The third-order valence-electron chi connectivity index (χ3n) is 4.10. The monoisotopic (exact) mass is 319 g/mol. The van der Waals surface area contributed by atoms with Gasteiger partial charge in [0.2, 0.25) is 5.91 Å². The minimum Gasteiger partial charge on any atom is -0.467 e. The number of carbonyl (C=O) groups excluding carboxylic acids is 2. The number of amides is 1. The molecular weight excluding hydrogens is 290 g/mol. The summed E-state index contributed by atoms with van der Waals surface area (Å²) in [6.07, 6.45) is 6.47. The Morgan fingerprint density at radius 1 is 1.09 bits per heavy atom. The highest BCUT2D eigenvalue weighted by Gasteiger charge is 2.27. The molecule has 0 unspecified atom stereocenters. The number of hydrogen-bond acceptors (Lipinski definition) is 3. The molecular formula is C19H29NO3. The van der Waals surface area contributed by atoms with E-state index in [0.29, 0.717) is 12.8 Å². The molecule has 128 valence electrons. The lowest BCUT2D eigenvalue weighted by molar-refractivity contribution is -0.151. The number of carbonyl (C=O) groups is 2. The third kappa shape index (κ3) is 6.85. The van der Waals surface area contributed by atoms with Crippen molar-refractivity contribution in [3.63, 3.8) is 0 Å². The van der Waals surface area contributed by atoms with E-state index in [1.54, 1.807) is 11.9 Å². The van der Waals surface area contributed by atoms with Crippen LogP contribution in [0.2, 0.25) is 0 Å². The first kappa shape index (κ1) is 19.2. The van der Waals surface area contributed by atoms with Crippen molar-refractivity contribution >= 4 is 11.9 Å². The molecule has 1 amide bonds. The normalized spacial score (nSPS) is 11.8. The average molecular weight is 319 g/mol. The molecule has 0 saturated carbocycles. The molecule has 0 N–H and O–H groups in total. The molecule has 1 aromatic carbocycles. The van der Waals surface area contributed by atoms with Crippen LogP contribution in [-0.2, 0) is 20.7 Å². The summed E-state index contributed by atoms with van der Waals surface area (Å²) in [7, 11) is 3.06. The molecule has 0 aromatic heterocycles. The largest absolute Gasteiger partial charge is 0.467 e. The SMILES string of the molecule is CCCCCCCC(=O)N(C)[C@@H](Cc1ccccc1)C(=O)OC. The van der Waals surface area contributed by atoms with E-state index in [-0.39, 0.29) is 11.9 Å². The third-order valence-corrected chi connectivity index (χ3v) is 4.10. The molecule has 0 saturated heterocycles. The lowest BCUT2D eigenvalue weighted by Gasteiger charge is -2.26. The molecule has 4 heteroatoms. The van der Waals surface area contributed by atoms with Crippen molar-refractivity contribution in [1.82, 2.24) is 4.90 Å². The zero-order chi connectivity index (χ0) is 17.1. The molecule has 4 nitrogen and oxygen atoms in total. The molecule has 0 heterocycles. The molecule has 1 atom stereocenters. The molecule has 0 radical (unpaired) electrons. The molecule has 1 aromatic rings. The van der Waals surface area contributed by atoms with Gasteiger partial charge < -0.3 is 9.64 Å². The number of benzene rings is 1. The zero-order valence-corrected chi connectivity index (χ0v) is 14.6. The summed E-state index contributed by atoms with van der Waals surface area (Å²) in [4.78, 5) is 25.9. The highest BCUT2D eigenvalue weighted by atomic mass is 16.5. The van der Waals surface area contributed by atoms with Gasteiger partial charge in [-0.1, -0.05) is 62.9 Å². The molecule has 0 fully saturated rings. The summed E-state index contributed by atoms with van der Waals surface area (Å²) in [6, 6.07) is 9.14. The second kappa shape index (κ2) is 10.8. The van der Waals surface area contributed by atoms with Gasteiger partial charge in [0.1, 0.15) is 6.04 Å². The standard InChI is InChI=1S/C19H29NO3/c1-4-5-6-7-11-14-18(21)20(2)17(19(22)23-3)15-16-12-9-8-10-13-16/h8-10,12-13,17H,4-7,11,14-15H2,1-3H3/t17-/m0/s1. The second-order valence-corrected chi connectivity index (χ2v) is 5.90. The highest BCUT2D eigenvalue weighted by Crippen LogP contribution is 2.13. The Hall–Kier alpha value is -1.84. The fourth-order valence-corrected chi connectivity index (χ4v) is 2.58. The summed E-state index contributed by atoms with van der Waals surface area (Å²) < 4.78 is 4.88. The Balaban J connectivity index is 2.59. The van der Waals surface area contributed by atoms with E-state index < -0.39 is 6.04 Å². The lowest BCUT2D eigenvalue weighted by atomic mass is 10.0. The van der Waals surface area contributed by atoms with Gasteiger partial charge in [-0.05, 0) is 12.0 Å². The van der Waals surface area contributed by atoms with Gasteiger partial charge in [-0.25, -0.2) is 4.79 Å². The fourth-order valence-electron chi connectivity index (χ4n) is 2.58. The van der Waals surface area contributed by atoms with Crippen LogP contribution < -0.4 is 0 Å². The molecule has 0 aliphatic heterocycles. The van der Waals surface area contributed by atoms with Gasteiger partial charge in [-0.3, -0.25) is 4.79 Å². The molecule has 0 aliphatic carbocycles. The Labute approximate surface area is 139 Å². The maximum absolute atomic E-state index is 12.3. The van der Waals surface area contributed by atoms with E-state index in [9.17, 15) is 9.59 Å². The number of methoxy groups -OCH3 is 1. The van der Waals surface area contributed by atoms with Crippen LogP contribution in [0.15, 0.2) is 30.3 Å². The first-order chi connectivity index (χ1) is 11.1. The molecule has 23 heavy (non-hydrogen) atoms. The van der Waals surface area contributed by atoms with Gasteiger partial charge in [0.25, 0.3) is 0 Å². The van der Waals surface area contributed by atoms with Crippen molar-refractivity contribution < 1.29 is 14.3 Å². The lowest BCUT2D eigenvalue weighted by Crippen LogP contribution is -2.44. The quantitative estimate of drug-likeness (QED) is 0.489. The van der Waals surface area contributed by atoms with Crippen molar-refractivity contribution in [2.75, 3.05) is 14.2 Å². The van der Waals surface area contributed by atoms with Crippen LogP contribution in [0.1, 0.15) is 51.0 Å². The van der Waals surface area contributed by atoms with Crippen LogP contribution >= 0.6 is 0 Å². The number of hydrogen-bond donors (Lipinski definition) is 0. The first-order valence-electron chi connectivity index (χ1n) is 8.47. The Morgan fingerprint density at radius 2 is 1.74 bits per heavy atom. The maximum atomic E-state index is 12.3. The number of nitrogens with zero attached hydrogens (tertiary/aromatic N) is 1.